The van der Waals surface area contributed by atoms with Gasteiger partial charge in [0.15, 0.2) is 11.4 Å². The van der Waals surface area contributed by atoms with Crippen molar-refractivity contribution < 1.29 is 36.6 Å². The number of nitrogens with zero attached hydrogens (tertiary/aromatic N) is 2. The molecule has 0 fully saturated rings. The number of hydrogen-bond donors (Lipinski definition) is 2. The summed E-state index contributed by atoms with van der Waals surface area (Å²) < 4.78 is 63.6. The highest BCUT2D eigenvalue weighted by Gasteiger charge is 2.45. The summed E-state index contributed by atoms with van der Waals surface area (Å²) in [5, 5.41) is 9.73. The van der Waals surface area contributed by atoms with E-state index < -0.39 is 30.1 Å². The van der Waals surface area contributed by atoms with Crippen molar-refractivity contribution in [3.63, 3.8) is 0 Å². The number of rotatable bonds is 5. The number of aliphatic hydroxyl groups excluding tert-OH is 1. The van der Waals surface area contributed by atoms with Crippen LogP contribution in [0.1, 0.15) is 30.6 Å². The van der Waals surface area contributed by atoms with Gasteiger partial charge in [0, 0.05) is 35.4 Å². The Labute approximate surface area is 212 Å². The molecular weight excluding hydrogens is 529 g/mol. The maximum Gasteiger partial charge on any atom is 0.423 e. The van der Waals surface area contributed by atoms with Gasteiger partial charge in [-0.2, -0.15) is 13.2 Å². The summed E-state index contributed by atoms with van der Waals surface area (Å²) in [6.07, 6.45) is -4.31. The van der Waals surface area contributed by atoms with E-state index in [1.165, 1.54) is 18.5 Å². The number of pyridine rings is 1. The van der Waals surface area contributed by atoms with Crippen molar-refractivity contribution in [2.75, 3.05) is 18.8 Å². The van der Waals surface area contributed by atoms with Gasteiger partial charge in [0.1, 0.15) is 11.9 Å². The number of carbonyl (C=O) groups is 1. The number of benzene rings is 1. The second-order valence-electron chi connectivity index (χ2n) is 8.09. The number of anilines is 1. The van der Waals surface area contributed by atoms with Gasteiger partial charge in [-0.15, -0.1) is 0 Å². The highest BCUT2D eigenvalue weighted by molar-refractivity contribution is 6.36. The summed E-state index contributed by atoms with van der Waals surface area (Å²) >= 11 is 12.3. The predicted molar refractivity (Wildman–Crippen MR) is 125 cm³/mol. The Morgan fingerprint density at radius 2 is 2.06 bits per heavy atom. The Balaban J connectivity index is 1.61. The largest absolute Gasteiger partial charge is 0.478 e. The second-order valence-corrected chi connectivity index (χ2v) is 8.87. The van der Waals surface area contributed by atoms with Gasteiger partial charge in [0.2, 0.25) is 11.9 Å². The van der Waals surface area contributed by atoms with Gasteiger partial charge in [0.05, 0.1) is 16.7 Å². The molecule has 1 aliphatic heterocycles. The van der Waals surface area contributed by atoms with Crippen molar-refractivity contribution in [2.24, 2.45) is 0 Å². The Morgan fingerprint density at radius 3 is 2.69 bits per heavy atom. The standard InChI is InChI=1S/C23H19Cl2F4N3O4/c1-10(16-14(24)2-3-15(26)17(16)25)36-19-18-12(8-31-21(19)30)13(9-35-18)11-4-6-32(7-5-11)22(34)20(33)23(27,28)29/h2-4,8-10,20,33H,5-7H2,1H3,(H2,30,31). The van der Waals surface area contributed by atoms with Crippen LogP contribution in [0.25, 0.3) is 16.5 Å². The average molecular weight is 548 g/mol. The molecule has 0 saturated carbocycles. The smallest absolute Gasteiger partial charge is 0.423 e. The Kier molecular flexibility index (Phi) is 7.09. The summed E-state index contributed by atoms with van der Waals surface area (Å²) in [4.78, 5) is 17.0. The number of alkyl halides is 3. The lowest BCUT2D eigenvalue weighted by molar-refractivity contribution is -0.210. The van der Waals surface area contributed by atoms with Crippen molar-refractivity contribution >= 4 is 51.5 Å². The monoisotopic (exact) mass is 547 g/mol. The Bertz CT molecular complexity index is 1360. The normalized spacial score (nSPS) is 16.1. The van der Waals surface area contributed by atoms with E-state index >= 15 is 0 Å². The molecule has 192 valence electrons. The predicted octanol–water partition coefficient (Wildman–Crippen LogP) is 5.53. The molecule has 36 heavy (non-hydrogen) atoms. The van der Waals surface area contributed by atoms with Gasteiger partial charge in [-0.25, -0.2) is 9.37 Å². The first-order chi connectivity index (χ1) is 16.9. The van der Waals surface area contributed by atoms with E-state index in [9.17, 15) is 27.5 Å². The van der Waals surface area contributed by atoms with Crippen LogP contribution in [0.4, 0.5) is 23.4 Å². The van der Waals surface area contributed by atoms with Gasteiger partial charge in [-0.1, -0.05) is 29.3 Å². The lowest BCUT2D eigenvalue weighted by Crippen LogP contribution is -2.47. The molecule has 7 nitrogen and oxygen atoms in total. The Hall–Kier alpha value is -3.02. The van der Waals surface area contributed by atoms with Crippen molar-refractivity contribution in [1.82, 2.24) is 9.88 Å². The number of nitrogen functional groups attached to an aromatic ring is 1. The molecular formula is C23H19Cl2F4N3O4. The number of aromatic nitrogens is 1. The summed E-state index contributed by atoms with van der Waals surface area (Å²) in [6, 6.07) is 2.48. The number of fused-ring (bicyclic) bond motifs is 1. The molecule has 2 unspecified atom stereocenters. The van der Waals surface area contributed by atoms with E-state index in [-0.39, 0.29) is 52.3 Å². The van der Waals surface area contributed by atoms with Crippen molar-refractivity contribution in [2.45, 2.75) is 31.7 Å². The molecule has 2 aromatic heterocycles. The molecule has 4 rings (SSSR count). The number of furan rings is 1. The van der Waals surface area contributed by atoms with E-state index in [4.69, 9.17) is 38.1 Å². The molecule has 0 bridgehead atoms. The highest BCUT2D eigenvalue weighted by atomic mass is 35.5. The third-order valence-corrected chi connectivity index (χ3v) is 6.51. The van der Waals surface area contributed by atoms with Crippen molar-refractivity contribution in [1.29, 1.82) is 0 Å². The zero-order valence-corrected chi connectivity index (χ0v) is 20.1. The van der Waals surface area contributed by atoms with E-state index in [0.29, 0.717) is 16.5 Å². The van der Waals surface area contributed by atoms with E-state index in [1.807, 2.05) is 0 Å². The zero-order chi connectivity index (χ0) is 26.4. The van der Waals surface area contributed by atoms with Crippen LogP contribution in [0.3, 0.4) is 0 Å². The first kappa shape index (κ1) is 26.1. The molecule has 3 N–H and O–H groups in total. The van der Waals surface area contributed by atoms with E-state index in [1.54, 1.807) is 13.0 Å². The maximum absolute atomic E-state index is 14.0. The number of carbonyl (C=O) groups excluding carboxylic acids is 1. The minimum Gasteiger partial charge on any atom is -0.478 e. The fourth-order valence-electron chi connectivity index (χ4n) is 3.92. The van der Waals surface area contributed by atoms with E-state index in [2.05, 4.69) is 4.98 Å². The second kappa shape index (κ2) is 9.79. The average Bonchev–Trinajstić information content (AvgIpc) is 3.26. The summed E-state index contributed by atoms with van der Waals surface area (Å²) in [5.74, 6) is -2.02. The third-order valence-electron chi connectivity index (χ3n) is 5.79. The highest BCUT2D eigenvalue weighted by Crippen LogP contribution is 2.41. The minimum absolute atomic E-state index is 0.00516. The number of ether oxygens (including phenoxy) is 1. The van der Waals surface area contributed by atoms with Crippen LogP contribution in [0.2, 0.25) is 10.0 Å². The van der Waals surface area contributed by atoms with Crippen LogP contribution < -0.4 is 10.5 Å². The molecule has 1 aromatic carbocycles. The van der Waals surface area contributed by atoms with Gasteiger partial charge in [-0.3, -0.25) is 4.79 Å². The van der Waals surface area contributed by atoms with Crippen molar-refractivity contribution in [3.05, 3.63) is 57.7 Å². The first-order valence-electron chi connectivity index (χ1n) is 10.6. The molecule has 3 aromatic rings. The number of amides is 1. The lowest BCUT2D eigenvalue weighted by atomic mass is 9.99. The number of aliphatic hydroxyl groups is 1. The van der Waals surface area contributed by atoms with Crippen LogP contribution in [-0.4, -0.2) is 46.3 Å². The Morgan fingerprint density at radius 1 is 1.33 bits per heavy atom. The molecule has 13 heteroatoms. The minimum atomic E-state index is -5.04. The molecule has 0 saturated heterocycles. The first-order valence-corrected chi connectivity index (χ1v) is 11.3. The van der Waals surface area contributed by atoms with Crippen LogP contribution >= 0.6 is 23.2 Å². The number of halogens is 6. The number of nitrogens with two attached hydrogens (primary N) is 1. The SMILES string of the molecule is CC(Oc1c(N)ncc2c(C3=CCN(C(=O)C(O)C(F)(F)F)CC3)coc12)c1c(Cl)ccc(F)c1Cl. The van der Waals surface area contributed by atoms with E-state index in [0.717, 1.165) is 11.0 Å². The van der Waals surface area contributed by atoms with Crippen LogP contribution in [-0.2, 0) is 4.79 Å². The summed E-state index contributed by atoms with van der Waals surface area (Å²) in [7, 11) is 0. The third kappa shape index (κ3) is 4.82. The topological polar surface area (TPSA) is 102 Å². The molecule has 1 aliphatic rings. The molecule has 0 spiro atoms. The van der Waals surface area contributed by atoms with Crippen LogP contribution in [0, 0.1) is 5.82 Å². The molecule has 1 amide bonds. The molecule has 2 atom stereocenters. The van der Waals surface area contributed by atoms with Crippen LogP contribution in [0.15, 0.2) is 35.1 Å². The van der Waals surface area contributed by atoms with Crippen LogP contribution in [0.5, 0.6) is 5.75 Å². The number of hydrogen-bond acceptors (Lipinski definition) is 6. The fraction of sp³-hybridized carbons (Fsp3) is 0.304. The van der Waals surface area contributed by atoms with Gasteiger partial charge in [0.25, 0.3) is 5.91 Å². The molecule has 0 radical (unpaired) electrons. The lowest BCUT2D eigenvalue weighted by Gasteiger charge is -2.28. The molecule has 0 aliphatic carbocycles. The van der Waals surface area contributed by atoms with Gasteiger partial charge < -0.3 is 24.9 Å². The van der Waals surface area contributed by atoms with Crippen molar-refractivity contribution in [3.8, 4) is 5.75 Å². The quantitative estimate of drug-likeness (QED) is 0.321. The molecule has 3 heterocycles. The fourth-order valence-corrected chi connectivity index (χ4v) is 4.60. The maximum atomic E-state index is 14.0. The summed E-state index contributed by atoms with van der Waals surface area (Å²) in [6.45, 7) is 1.43. The zero-order valence-electron chi connectivity index (χ0n) is 18.6. The van der Waals surface area contributed by atoms with Gasteiger partial charge >= 0.3 is 6.18 Å². The summed E-state index contributed by atoms with van der Waals surface area (Å²) in [5.41, 5.74) is 7.74. The van der Waals surface area contributed by atoms with Gasteiger partial charge in [-0.05, 0) is 31.1 Å².